The van der Waals surface area contributed by atoms with E-state index < -0.39 is 0 Å². The van der Waals surface area contributed by atoms with Crippen LogP contribution in [0.1, 0.15) is 38.1 Å². The van der Waals surface area contributed by atoms with E-state index in [9.17, 15) is 4.39 Å². The molecule has 0 aliphatic heterocycles. The van der Waals surface area contributed by atoms with E-state index in [1.165, 1.54) is 12.1 Å². The van der Waals surface area contributed by atoms with Gasteiger partial charge in [-0.1, -0.05) is 13.0 Å². The minimum atomic E-state index is -0.290. The molecular weight excluding hydrogens is 269 g/mol. The van der Waals surface area contributed by atoms with Gasteiger partial charge in [-0.15, -0.1) is 0 Å². The third-order valence-corrected chi connectivity index (χ3v) is 3.47. The SMILES string of the molecule is CCNC(C)c1ccc(F)cc1OCc1cncn1CC. The molecule has 0 aliphatic carbocycles. The molecule has 1 N–H and O–H groups in total. The molecule has 1 heterocycles. The zero-order valence-corrected chi connectivity index (χ0v) is 12.8. The minimum Gasteiger partial charge on any atom is -0.487 e. The molecular formula is C16H22FN3O. The second-order valence-corrected chi connectivity index (χ2v) is 4.92. The maximum atomic E-state index is 13.5. The Balaban J connectivity index is 2.16. The summed E-state index contributed by atoms with van der Waals surface area (Å²) in [5.74, 6) is 0.286. The fourth-order valence-electron chi connectivity index (χ4n) is 2.31. The van der Waals surface area contributed by atoms with Gasteiger partial charge in [0.15, 0.2) is 0 Å². The summed E-state index contributed by atoms with van der Waals surface area (Å²) in [6, 6.07) is 4.79. The highest BCUT2D eigenvalue weighted by Crippen LogP contribution is 2.27. The third-order valence-electron chi connectivity index (χ3n) is 3.47. The Morgan fingerprint density at radius 2 is 2.19 bits per heavy atom. The van der Waals surface area contributed by atoms with E-state index in [0.29, 0.717) is 12.4 Å². The van der Waals surface area contributed by atoms with Gasteiger partial charge in [-0.3, -0.25) is 0 Å². The molecule has 0 radical (unpaired) electrons. The van der Waals surface area contributed by atoms with Crippen LogP contribution in [0.3, 0.4) is 0 Å². The van der Waals surface area contributed by atoms with Crippen LogP contribution in [-0.2, 0) is 13.2 Å². The van der Waals surface area contributed by atoms with Crippen LogP contribution in [0.25, 0.3) is 0 Å². The predicted octanol–water partition coefficient (Wildman–Crippen LogP) is 3.29. The molecule has 5 heteroatoms. The third kappa shape index (κ3) is 3.82. The number of aromatic nitrogens is 2. The molecule has 4 nitrogen and oxygen atoms in total. The van der Waals surface area contributed by atoms with Gasteiger partial charge in [-0.05, 0) is 26.5 Å². The van der Waals surface area contributed by atoms with Crippen molar-refractivity contribution in [3.63, 3.8) is 0 Å². The first-order valence-corrected chi connectivity index (χ1v) is 7.30. The van der Waals surface area contributed by atoms with Crippen LogP contribution in [0.2, 0.25) is 0 Å². The summed E-state index contributed by atoms with van der Waals surface area (Å²) in [7, 11) is 0. The highest BCUT2D eigenvalue weighted by atomic mass is 19.1. The molecule has 1 atom stereocenters. The maximum Gasteiger partial charge on any atom is 0.130 e. The van der Waals surface area contributed by atoms with E-state index in [0.717, 1.165) is 24.3 Å². The second kappa shape index (κ2) is 7.22. The van der Waals surface area contributed by atoms with E-state index >= 15 is 0 Å². The molecule has 0 amide bonds. The van der Waals surface area contributed by atoms with Gasteiger partial charge in [-0.25, -0.2) is 9.37 Å². The number of hydrogen-bond acceptors (Lipinski definition) is 3. The van der Waals surface area contributed by atoms with Gasteiger partial charge in [-0.2, -0.15) is 0 Å². The molecule has 21 heavy (non-hydrogen) atoms. The number of hydrogen-bond donors (Lipinski definition) is 1. The van der Waals surface area contributed by atoms with E-state index in [1.54, 1.807) is 18.6 Å². The molecule has 1 unspecified atom stereocenters. The van der Waals surface area contributed by atoms with Crippen molar-refractivity contribution in [3.05, 3.63) is 47.8 Å². The smallest absolute Gasteiger partial charge is 0.130 e. The largest absolute Gasteiger partial charge is 0.487 e. The standard InChI is InChI=1S/C16H22FN3O/c1-4-19-12(3)15-7-6-13(17)8-16(15)21-10-14-9-18-11-20(14)5-2/h6-9,11-12,19H,4-5,10H2,1-3H3. The second-order valence-electron chi connectivity index (χ2n) is 4.92. The molecule has 0 bridgehead atoms. The highest BCUT2D eigenvalue weighted by Gasteiger charge is 2.13. The normalized spacial score (nSPS) is 12.4. The zero-order chi connectivity index (χ0) is 15.2. The summed E-state index contributed by atoms with van der Waals surface area (Å²) in [6.45, 7) is 8.19. The van der Waals surface area contributed by atoms with E-state index in [4.69, 9.17) is 4.74 Å². The zero-order valence-electron chi connectivity index (χ0n) is 12.8. The van der Waals surface area contributed by atoms with Gasteiger partial charge in [0, 0.05) is 24.2 Å². The van der Waals surface area contributed by atoms with Crippen molar-refractivity contribution in [2.45, 2.75) is 40.0 Å². The van der Waals surface area contributed by atoms with Crippen LogP contribution in [0.4, 0.5) is 4.39 Å². The van der Waals surface area contributed by atoms with Crippen LogP contribution in [0.5, 0.6) is 5.75 Å². The molecule has 2 rings (SSSR count). The van der Waals surface area contributed by atoms with E-state index in [1.807, 2.05) is 25.3 Å². The minimum absolute atomic E-state index is 0.113. The van der Waals surface area contributed by atoms with Gasteiger partial charge in [0.05, 0.1) is 18.2 Å². The van der Waals surface area contributed by atoms with Crippen molar-refractivity contribution < 1.29 is 9.13 Å². The Hall–Kier alpha value is -1.88. The topological polar surface area (TPSA) is 39.1 Å². The molecule has 0 spiro atoms. The molecule has 1 aromatic heterocycles. The summed E-state index contributed by atoms with van der Waals surface area (Å²) < 4.78 is 21.3. The summed E-state index contributed by atoms with van der Waals surface area (Å²) in [6.07, 6.45) is 3.54. The summed E-state index contributed by atoms with van der Waals surface area (Å²) in [5, 5.41) is 3.32. The van der Waals surface area contributed by atoms with Crippen LogP contribution in [-0.4, -0.2) is 16.1 Å². The molecule has 0 fully saturated rings. The predicted molar refractivity (Wildman–Crippen MR) is 80.7 cm³/mol. The molecule has 1 aromatic carbocycles. The molecule has 0 saturated carbocycles. The quantitative estimate of drug-likeness (QED) is 0.851. The number of rotatable bonds is 7. The van der Waals surface area contributed by atoms with Crippen LogP contribution in [0.15, 0.2) is 30.7 Å². The lowest BCUT2D eigenvalue weighted by molar-refractivity contribution is 0.288. The average Bonchev–Trinajstić information content (AvgIpc) is 2.92. The Morgan fingerprint density at radius 3 is 2.90 bits per heavy atom. The van der Waals surface area contributed by atoms with Crippen molar-refractivity contribution in [3.8, 4) is 5.75 Å². The Labute approximate surface area is 125 Å². The first-order valence-electron chi connectivity index (χ1n) is 7.30. The molecule has 0 aliphatic rings. The maximum absolute atomic E-state index is 13.5. The van der Waals surface area contributed by atoms with Crippen molar-refractivity contribution in [2.75, 3.05) is 6.54 Å². The van der Waals surface area contributed by atoms with Crippen LogP contribution in [0, 0.1) is 5.82 Å². The lowest BCUT2D eigenvalue weighted by Gasteiger charge is -2.18. The van der Waals surface area contributed by atoms with Crippen molar-refractivity contribution >= 4 is 0 Å². The van der Waals surface area contributed by atoms with Crippen molar-refractivity contribution in [2.24, 2.45) is 0 Å². The summed E-state index contributed by atoms with van der Waals surface area (Å²) in [5.41, 5.74) is 1.93. The molecule has 0 saturated heterocycles. The van der Waals surface area contributed by atoms with Gasteiger partial charge < -0.3 is 14.6 Å². The number of benzene rings is 1. The van der Waals surface area contributed by atoms with E-state index in [2.05, 4.69) is 10.3 Å². The first-order chi connectivity index (χ1) is 10.2. The summed E-state index contributed by atoms with van der Waals surface area (Å²) >= 11 is 0. The number of halogens is 1. The number of ether oxygens (including phenoxy) is 1. The van der Waals surface area contributed by atoms with Gasteiger partial charge >= 0.3 is 0 Å². The number of imidazole rings is 1. The Bertz CT molecular complexity index is 583. The average molecular weight is 291 g/mol. The van der Waals surface area contributed by atoms with Crippen molar-refractivity contribution in [1.82, 2.24) is 14.9 Å². The highest BCUT2D eigenvalue weighted by molar-refractivity contribution is 5.36. The monoisotopic (exact) mass is 291 g/mol. The Morgan fingerprint density at radius 1 is 1.38 bits per heavy atom. The Kier molecular flexibility index (Phi) is 5.33. The van der Waals surface area contributed by atoms with Crippen molar-refractivity contribution in [1.29, 1.82) is 0 Å². The fraction of sp³-hybridized carbons (Fsp3) is 0.438. The van der Waals surface area contributed by atoms with E-state index in [-0.39, 0.29) is 11.9 Å². The lowest BCUT2D eigenvalue weighted by atomic mass is 10.1. The van der Waals surface area contributed by atoms with Gasteiger partial charge in [0.25, 0.3) is 0 Å². The fourth-order valence-corrected chi connectivity index (χ4v) is 2.31. The van der Waals surface area contributed by atoms with Gasteiger partial charge in [0.1, 0.15) is 18.2 Å². The number of nitrogens with one attached hydrogen (secondary N) is 1. The van der Waals surface area contributed by atoms with Crippen LogP contribution >= 0.6 is 0 Å². The van der Waals surface area contributed by atoms with Crippen LogP contribution < -0.4 is 10.1 Å². The number of nitrogens with zero attached hydrogens (tertiary/aromatic N) is 2. The molecule has 2 aromatic rings. The van der Waals surface area contributed by atoms with Gasteiger partial charge in [0.2, 0.25) is 0 Å². The first kappa shape index (κ1) is 15.5. The summed E-state index contributed by atoms with van der Waals surface area (Å²) in [4.78, 5) is 4.11. The molecule has 114 valence electrons. The number of aryl methyl sites for hydroxylation is 1. The lowest BCUT2D eigenvalue weighted by Crippen LogP contribution is -2.18.